The van der Waals surface area contributed by atoms with E-state index in [2.05, 4.69) is 49.9 Å². The molecule has 0 N–H and O–H groups in total. The highest BCUT2D eigenvalue weighted by atomic mass is 79.9. The number of thiazole rings is 1. The summed E-state index contributed by atoms with van der Waals surface area (Å²) >= 11 is 6.96. The summed E-state index contributed by atoms with van der Waals surface area (Å²) in [6, 6.07) is 12.3. The van der Waals surface area contributed by atoms with Crippen molar-refractivity contribution < 1.29 is 0 Å². The van der Waals surface area contributed by atoms with Crippen LogP contribution in [-0.2, 0) is 0 Å². The van der Waals surface area contributed by atoms with Crippen molar-refractivity contribution in [3.8, 4) is 21.1 Å². The van der Waals surface area contributed by atoms with Crippen LogP contribution in [0.1, 0.15) is 0 Å². The third-order valence-corrected chi connectivity index (χ3v) is 4.84. The molecule has 0 radical (unpaired) electrons. The van der Waals surface area contributed by atoms with Gasteiger partial charge in [0.1, 0.15) is 5.01 Å². The van der Waals surface area contributed by atoms with Crippen molar-refractivity contribution in [2.45, 2.75) is 0 Å². The molecule has 3 aromatic rings. The van der Waals surface area contributed by atoms with Crippen LogP contribution in [0.2, 0.25) is 0 Å². The highest BCUT2D eigenvalue weighted by Crippen LogP contribution is 2.34. The van der Waals surface area contributed by atoms with Gasteiger partial charge in [0.15, 0.2) is 0 Å². The summed E-state index contributed by atoms with van der Waals surface area (Å²) < 4.78 is 1.09. The second-order valence-corrected chi connectivity index (χ2v) is 6.16. The molecule has 1 nitrogen and oxygen atoms in total. The molecule has 0 aliphatic heterocycles. The van der Waals surface area contributed by atoms with Gasteiger partial charge < -0.3 is 0 Å². The maximum absolute atomic E-state index is 4.68. The molecule has 84 valence electrons. The Morgan fingerprint density at radius 1 is 1.00 bits per heavy atom. The molecule has 4 heteroatoms. The number of halogens is 1. The van der Waals surface area contributed by atoms with Gasteiger partial charge in [0.05, 0.1) is 10.6 Å². The number of hydrogen-bond acceptors (Lipinski definition) is 3. The summed E-state index contributed by atoms with van der Waals surface area (Å²) in [6.07, 6.45) is 0. The topological polar surface area (TPSA) is 12.9 Å². The number of hydrogen-bond donors (Lipinski definition) is 0. The highest BCUT2D eigenvalue weighted by molar-refractivity contribution is 9.10. The van der Waals surface area contributed by atoms with Gasteiger partial charge in [-0.25, -0.2) is 4.98 Å². The maximum Gasteiger partial charge on any atom is 0.125 e. The molecule has 2 aromatic heterocycles. The summed E-state index contributed by atoms with van der Waals surface area (Å²) in [5.41, 5.74) is 2.22. The predicted molar refractivity (Wildman–Crippen MR) is 78.6 cm³/mol. The third kappa shape index (κ3) is 2.20. The molecular formula is C13H8BrNS2. The van der Waals surface area contributed by atoms with E-state index in [0.717, 1.165) is 20.7 Å². The quantitative estimate of drug-likeness (QED) is 0.624. The van der Waals surface area contributed by atoms with Crippen LogP contribution < -0.4 is 0 Å². The van der Waals surface area contributed by atoms with Crippen molar-refractivity contribution in [3.05, 3.63) is 51.6 Å². The predicted octanol–water partition coefficient (Wildman–Crippen LogP) is 5.30. The third-order valence-electron chi connectivity index (χ3n) is 2.38. The van der Waals surface area contributed by atoms with Crippen LogP contribution >= 0.6 is 38.6 Å². The molecule has 1 aromatic carbocycles. The molecule has 2 heterocycles. The number of rotatable bonds is 2. The fourth-order valence-corrected chi connectivity index (χ4v) is 3.79. The second-order valence-electron chi connectivity index (χ2n) is 3.50. The first kappa shape index (κ1) is 11.1. The molecule has 0 unspecified atom stereocenters. The van der Waals surface area contributed by atoms with E-state index < -0.39 is 0 Å². The number of aromatic nitrogens is 1. The lowest BCUT2D eigenvalue weighted by molar-refractivity contribution is 1.41. The molecule has 0 atom stereocenters. The Hall–Kier alpha value is -0.970. The lowest BCUT2D eigenvalue weighted by Gasteiger charge is -1.98. The molecule has 0 spiro atoms. The minimum atomic E-state index is 1.06. The van der Waals surface area contributed by atoms with Crippen LogP contribution in [0.4, 0.5) is 0 Å². The van der Waals surface area contributed by atoms with E-state index in [4.69, 9.17) is 0 Å². The summed E-state index contributed by atoms with van der Waals surface area (Å²) in [6.45, 7) is 0. The van der Waals surface area contributed by atoms with E-state index in [1.807, 2.05) is 18.2 Å². The zero-order valence-electron chi connectivity index (χ0n) is 8.76. The van der Waals surface area contributed by atoms with E-state index in [0.29, 0.717) is 0 Å². The molecule has 0 bridgehead atoms. The molecule has 17 heavy (non-hydrogen) atoms. The fourth-order valence-electron chi connectivity index (χ4n) is 1.57. The first-order valence-corrected chi connectivity index (χ1v) is 7.64. The van der Waals surface area contributed by atoms with Crippen LogP contribution in [-0.4, -0.2) is 4.98 Å². The Bertz CT molecular complexity index is 628. The van der Waals surface area contributed by atoms with Crippen LogP contribution in [0.5, 0.6) is 0 Å². The molecular weight excluding hydrogens is 314 g/mol. The Labute approximate surface area is 116 Å². The van der Waals surface area contributed by atoms with Crippen LogP contribution in [0.15, 0.2) is 51.6 Å². The first-order valence-electron chi connectivity index (χ1n) is 5.09. The maximum atomic E-state index is 4.68. The Morgan fingerprint density at radius 2 is 1.88 bits per heavy atom. The Kier molecular flexibility index (Phi) is 3.09. The summed E-state index contributed by atoms with van der Waals surface area (Å²) in [5.74, 6) is 0. The van der Waals surface area contributed by atoms with Gasteiger partial charge in [-0.2, -0.15) is 0 Å². The molecule has 3 rings (SSSR count). The van der Waals surface area contributed by atoms with E-state index in [1.54, 1.807) is 22.7 Å². The van der Waals surface area contributed by atoms with Crippen LogP contribution in [0, 0.1) is 0 Å². The van der Waals surface area contributed by atoms with E-state index >= 15 is 0 Å². The molecule has 0 aliphatic rings. The van der Waals surface area contributed by atoms with Gasteiger partial charge in [0.2, 0.25) is 0 Å². The standard InChI is InChI=1S/C13H8BrNS2/c14-10-5-2-1-4-9(10)13-15-11(8-17-13)12-6-3-7-16-12/h1-8H. The van der Waals surface area contributed by atoms with Gasteiger partial charge in [-0.15, -0.1) is 22.7 Å². The van der Waals surface area contributed by atoms with Gasteiger partial charge in [0.25, 0.3) is 0 Å². The molecule has 0 saturated heterocycles. The second kappa shape index (κ2) is 4.72. The summed E-state index contributed by atoms with van der Waals surface area (Å²) in [7, 11) is 0. The molecule has 0 saturated carbocycles. The number of benzene rings is 1. The van der Waals surface area contributed by atoms with Crippen LogP contribution in [0.25, 0.3) is 21.1 Å². The minimum absolute atomic E-state index is 1.06. The zero-order valence-corrected chi connectivity index (χ0v) is 12.0. The lowest BCUT2D eigenvalue weighted by Crippen LogP contribution is -1.78. The number of thiophene rings is 1. The van der Waals surface area contributed by atoms with Gasteiger partial charge >= 0.3 is 0 Å². The minimum Gasteiger partial charge on any atom is -0.235 e. The van der Waals surface area contributed by atoms with Crippen molar-refractivity contribution in [3.63, 3.8) is 0 Å². The highest BCUT2D eigenvalue weighted by Gasteiger charge is 2.09. The van der Waals surface area contributed by atoms with E-state index in [9.17, 15) is 0 Å². The van der Waals surface area contributed by atoms with Gasteiger partial charge in [-0.3, -0.25) is 0 Å². The smallest absolute Gasteiger partial charge is 0.125 e. The average Bonchev–Trinajstić information content (AvgIpc) is 3.00. The van der Waals surface area contributed by atoms with Crippen molar-refractivity contribution >= 4 is 38.6 Å². The number of nitrogens with zero attached hydrogens (tertiary/aromatic N) is 1. The SMILES string of the molecule is Brc1ccccc1-c1nc(-c2cccs2)cs1. The molecule has 0 fully saturated rings. The monoisotopic (exact) mass is 321 g/mol. The summed E-state index contributed by atoms with van der Waals surface area (Å²) in [4.78, 5) is 5.90. The van der Waals surface area contributed by atoms with Crippen LogP contribution in [0.3, 0.4) is 0 Å². The first-order chi connectivity index (χ1) is 8.34. The Balaban J connectivity index is 2.04. The van der Waals surface area contributed by atoms with Crippen molar-refractivity contribution in [1.82, 2.24) is 4.98 Å². The van der Waals surface area contributed by atoms with Gasteiger partial charge in [-0.1, -0.05) is 40.2 Å². The van der Waals surface area contributed by atoms with E-state index in [-0.39, 0.29) is 0 Å². The van der Waals surface area contributed by atoms with Crippen molar-refractivity contribution in [2.75, 3.05) is 0 Å². The van der Waals surface area contributed by atoms with Gasteiger partial charge in [0, 0.05) is 15.4 Å². The van der Waals surface area contributed by atoms with Crippen molar-refractivity contribution in [1.29, 1.82) is 0 Å². The average molecular weight is 322 g/mol. The normalized spacial score (nSPS) is 10.6. The molecule has 0 amide bonds. The summed E-state index contributed by atoms with van der Waals surface area (Å²) in [5, 5.41) is 5.24. The Morgan fingerprint density at radius 3 is 2.65 bits per heavy atom. The molecule has 0 aliphatic carbocycles. The zero-order chi connectivity index (χ0) is 11.7. The lowest BCUT2D eigenvalue weighted by atomic mass is 10.2. The fraction of sp³-hybridized carbons (Fsp3) is 0. The van der Waals surface area contributed by atoms with Crippen molar-refractivity contribution in [2.24, 2.45) is 0 Å². The van der Waals surface area contributed by atoms with E-state index in [1.165, 1.54) is 4.88 Å². The van der Waals surface area contributed by atoms with Gasteiger partial charge in [-0.05, 0) is 17.5 Å². The largest absolute Gasteiger partial charge is 0.235 e.